The Labute approximate surface area is 181 Å². The predicted molar refractivity (Wildman–Crippen MR) is 120 cm³/mol. The van der Waals surface area contributed by atoms with Gasteiger partial charge in [0.1, 0.15) is 16.7 Å². The Kier molecular flexibility index (Phi) is 5.35. The normalized spacial score (nSPS) is 15.4. The summed E-state index contributed by atoms with van der Waals surface area (Å²) in [6.45, 7) is 13.4. The molecule has 0 radical (unpaired) electrons. The summed E-state index contributed by atoms with van der Waals surface area (Å²) in [7, 11) is 0. The molecule has 1 aliphatic rings. The van der Waals surface area contributed by atoms with Gasteiger partial charge in [0.05, 0.1) is 11.3 Å². The van der Waals surface area contributed by atoms with Gasteiger partial charge in [-0.25, -0.2) is 4.98 Å². The highest BCUT2D eigenvalue weighted by Crippen LogP contribution is 2.47. The predicted octanol–water partition coefficient (Wildman–Crippen LogP) is 6.20. The van der Waals surface area contributed by atoms with Gasteiger partial charge in [-0.3, -0.25) is 4.79 Å². The van der Waals surface area contributed by atoms with Crippen LogP contribution < -0.4 is 0 Å². The molecule has 160 valence electrons. The van der Waals surface area contributed by atoms with Crippen LogP contribution in [-0.4, -0.2) is 21.5 Å². The van der Waals surface area contributed by atoms with Crippen LogP contribution in [0.15, 0.2) is 4.52 Å². The number of carbonyl (C=O) groups excluding carboxylic acids is 1. The van der Waals surface area contributed by atoms with Gasteiger partial charge in [-0.2, -0.15) is 0 Å². The number of rotatable bonds is 4. The number of hydrogen-bond acceptors (Lipinski definition) is 6. The van der Waals surface area contributed by atoms with Gasteiger partial charge in [0.25, 0.3) is 0 Å². The average molecular weight is 427 g/mol. The Morgan fingerprint density at radius 2 is 1.80 bits per heavy atom. The largest absolute Gasteiger partial charge is 0.361 e. The smallest absolute Gasteiger partial charge is 0.163 e. The summed E-state index contributed by atoms with van der Waals surface area (Å²) in [5.41, 5.74) is 5.42. The second kappa shape index (κ2) is 7.57. The maximum atomic E-state index is 12.8. The molecule has 0 aliphatic heterocycles. The van der Waals surface area contributed by atoms with Crippen LogP contribution in [-0.2, 0) is 22.4 Å². The van der Waals surface area contributed by atoms with Crippen LogP contribution in [0.3, 0.4) is 0 Å². The number of fused-ring (bicyclic) bond motifs is 3. The maximum Gasteiger partial charge on any atom is 0.163 e. The number of nitrogens with zero attached hydrogens (tertiary/aromatic N) is 2. The topological polar surface area (TPSA) is 65.2 Å². The molecule has 0 unspecified atom stereocenters. The Bertz CT molecular complexity index is 1110. The zero-order chi connectivity index (χ0) is 21.8. The summed E-state index contributed by atoms with van der Waals surface area (Å²) in [4.78, 5) is 20.3. The molecule has 0 saturated heterocycles. The average Bonchev–Trinajstić information content (AvgIpc) is 3.17. The minimum Gasteiger partial charge on any atom is -0.361 e. The first-order chi connectivity index (χ1) is 14.1. The molecule has 0 spiro atoms. The van der Waals surface area contributed by atoms with Crippen LogP contribution in [0.2, 0.25) is 0 Å². The van der Waals surface area contributed by atoms with Crippen LogP contribution in [0, 0.1) is 20.8 Å². The zero-order valence-electron chi connectivity index (χ0n) is 18.9. The van der Waals surface area contributed by atoms with Crippen LogP contribution >= 0.6 is 11.3 Å². The summed E-state index contributed by atoms with van der Waals surface area (Å²) in [6, 6.07) is 0. The van der Waals surface area contributed by atoms with E-state index in [4.69, 9.17) is 14.2 Å². The summed E-state index contributed by atoms with van der Waals surface area (Å²) in [5.74, 6) is 0.737. The Morgan fingerprint density at radius 1 is 1.10 bits per heavy atom. The number of aromatic nitrogens is 2. The van der Waals surface area contributed by atoms with Crippen molar-refractivity contribution < 1.29 is 14.1 Å². The van der Waals surface area contributed by atoms with Crippen molar-refractivity contribution in [2.75, 3.05) is 0 Å². The Morgan fingerprint density at radius 3 is 2.40 bits per heavy atom. The molecular formula is C24H30N2O3S. The van der Waals surface area contributed by atoms with Crippen molar-refractivity contribution >= 4 is 27.3 Å². The van der Waals surface area contributed by atoms with E-state index in [0.717, 1.165) is 56.9 Å². The molecule has 1 atom stereocenters. The van der Waals surface area contributed by atoms with Crippen LogP contribution in [0.1, 0.15) is 79.8 Å². The van der Waals surface area contributed by atoms with Crippen LogP contribution in [0.25, 0.3) is 21.3 Å². The second-order valence-corrected chi connectivity index (χ2v) is 10.4. The molecule has 0 saturated carbocycles. The summed E-state index contributed by atoms with van der Waals surface area (Å²) >= 11 is 1.79. The summed E-state index contributed by atoms with van der Waals surface area (Å²) < 4.78 is 11.9. The van der Waals surface area contributed by atoms with Gasteiger partial charge < -0.3 is 9.26 Å². The number of hydrogen-bond donors (Lipinski definition) is 0. The molecule has 0 aromatic carbocycles. The Hall–Kier alpha value is -2.05. The first-order valence-corrected chi connectivity index (χ1v) is 11.5. The van der Waals surface area contributed by atoms with Gasteiger partial charge in [0.2, 0.25) is 0 Å². The molecule has 0 bridgehead atoms. The van der Waals surface area contributed by atoms with E-state index in [1.54, 1.807) is 18.3 Å². The van der Waals surface area contributed by atoms with Gasteiger partial charge in [0, 0.05) is 32.6 Å². The number of aryl methyl sites for hydroxylation is 5. The highest BCUT2D eigenvalue weighted by Gasteiger charge is 2.33. The van der Waals surface area contributed by atoms with Crippen molar-refractivity contribution in [3.63, 3.8) is 0 Å². The lowest BCUT2D eigenvalue weighted by Gasteiger charge is -2.29. The third-order valence-electron chi connectivity index (χ3n) is 5.72. The molecule has 5 nitrogen and oxygen atoms in total. The fraction of sp³-hybridized carbons (Fsp3) is 0.542. The molecule has 0 N–H and O–H groups in total. The quantitative estimate of drug-likeness (QED) is 0.497. The lowest BCUT2D eigenvalue weighted by atomic mass is 9.86. The molecule has 0 amide bonds. The summed E-state index contributed by atoms with van der Waals surface area (Å²) in [5, 5.41) is 5.39. The highest BCUT2D eigenvalue weighted by molar-refractivity contribution is 7.19. The first kappa shape index (κ1) is 21.2. The number of carbonyl (C=O) groups is 1. The number of ether oxygens (including phenoxy) is 1. The van der Waals surface area contributed by atoms with E-state index in [-0.39, 0.29) is 5.78 Å². The highest BCUT2D eigenvalue weighted by atomic mass is 32.1. The fourth-order valence-electron chi connectivity index (χ4n) is 4.54. The number of Topliss-reactive ketones (excluding diaryl/α,β-unsaturated/α-hetero) is 1. The number of thiophene rings is 1. The van der Waals surface area contributed by atoms with E-state index in [1.165, 1.54) is 23.3 Å². The van der Waals surface area contributed by atoms with E-state index in [1.807, 2.05) is 41.5 Å². The van der Waals surface area contributed by atoms with Gasteiger partial charge in [-0.05, 0) is 79.7 Å². The molecule has 1 aliphatic carbocycles. The lowest BCUT2D eigenvalue weighted by Crippen LogP contribution is -2.27. The van der Waals surface area contributed by atoms with Gasteiger partial charge in [0.15, 0.2) is 5.78 Å². The third-order valence-corrected chi connectivity index (χ3v) is 6.90. The number of ketones is 1. The van der Waals surface area contributed by atoms with Crippen molar-refractivity contribution in [3.8, 4) is 11.1 Å². The molecule has 6 heteroatoms. The molecule has 3 heterocycles. The van der Waals surface area contributed by atoms with Crippen molar-refractivity contribution in [1.29, 1.82) is 0 Å². The summed E-state index contributed by atoms with van der Waals surface area (Å²) in [6.07, 6.45) is 3.85. The minimum absolute atomic E-state index is 0.0220. The van der Waals surface area contributed by atoms with Gasteiger partial charge in [-0.15, -0.1) is 11.3 Å². The molecule has 3 aromatic heterocycles. The van der Waals surface area contributed by atoms with E-state index >= 15 is 0 Å². The van der Waals surface area contributed by atoms with Crippen molar-refractivity contribution in [1.82, 2.24) is 10.1 Å². The van der Waals surface area contributed by atoms with E-state index < -0.39 is 11.7 Å². The van der Waals surface area contributed by atoms with E-state index in [2.05, 4.69) is 5.16 Å². The SMILES string of the molecule is CC(=O)[C@@H](OC(C)(C)C)c1c(C)nc2sc3c(c2c1-c1c(C)noc1C)CCCC3. The van der Waals surface area contributed by atoms with Gasteiger partial charge >= 0.3 is 0 Å². The molecular weight excluding hydrogens is 396 g/mol. The van der Waals surface area contributed by atoms with Crippen LogP contribution in [0.4, 0.5) is 0 Å². The van der Waals surface area contributed by atoms with Crippen molar-refractivity contribution in [2.24, 2.45) is 0 Å². The Balaban J connectivity index is 2.13. The number of pyridine rings is 1. The zero-order valence-corrected chi connectivity index (χ0v) is 19.7. The molecule has 4 rings (SSSR count). The molecule has 3 aromatic rings. The lowest BCUT2D eigenvalue weighted by molar-refractivity contribution is -0.138. The molecule has 0 fully saturated rings. The van der Waals surface area contributed by atoms with Crippen LogP contribution in [0.5, 0.6) is 0 Å². The second-order valence-electron chi connectivity index (χ2n) is 9.30. The van der Waals surface area contributed by atoms with Crippen molar-refractivity contribution in [3.05, 3.63) is 33.2 Å². The molecule has 30 heavy (non-hydrogen) atoms. The maximum absolute atomic E-state index is 12.8. The van der Waals surface area contributed by atoms with Gasteiger partial charge in [-0.1, -0.05) is 5.16 Å². The first-order valence-electron chi connectivity index (χ1n) is 10.6. The standard InChI is InChI=1S/C24H30N2O3S/c1-12-19(22(14(3)27)28-24(5,6)7)21(18-13(2)26-29-15(18)4)20-16-10-8-9-11-17(16)30-23(20)25-12/h22H,8-11H2,1-7H3/t22-/m1/s1. The monoisotopic (exact) mass is 426 g/mol. The van der Waals surface area contributed by atoms with E-state index in [0.29, 0.717) is 0 Å². The fourth-order valence-corrected chi connectivity index (χ4v) is 5.85. The van der Waals surface area contributed by atoms with Crippen molar-refractivity contribution in [2.45, 2.75) is 85.9 Å². The van der Waals surface area contributed by atoms with E-state index in [9.17, 15) is 4.79 Å². The third kappa shape index (κ3) is 3.60. The minimum atomic E-state index is -0.690.